The summed E-state index contributed by atoms with van der Waals surface area (Å²) in [5.74, 6) is -0.745. The van der Waals surface area contributed by atoms with Crippen LogP contribution in [0.2, 0.25) is 0 Å². The Bertz CT molecular complexity index is 1240. The Morgan fingerprint density at radius 3 is 2.44 bits per heavy atom. The number of hydrogen-bond donors (Lipinski definition) is 1. The summed E-state index contributed by atoms with van der Waals surface area (Å²) in [7, 11) is 0. The number of ether oxygens (including phenoxy) is 1. The summed E-state index contributed by atoms with van der Waals surface area (Å²) >= 11 is 0. The zero-order valence-electron chi connectivity index (χ0n) is 19.8. The zero-order chi connectivity index (χ0) is 24.4. The fourth-order valence-electron chi connectivity index (χ4n) is 4.19. The maximum atomic E-state index is 13.3. The van der Waals surface area contributed by atoms with E-state index in [1.54, 1.807) is 48.8 Å². The number of ketones is 1. The molecule has 6 nitrogen and oxygen atoms in total. The first-order valence-electron chi connectivity index (χ1n) is 11.3. The molecule has 34 heavy (non-hydrogen) atoms. The second-order valence-electron chi connectivity index (χ2n) is 9.03. The molecule has 1 aromatic heterocycles. The van der Waals surface area contributed by atoms with Crippen molar-refractivity contribution in [2.75, 3.05) is 11.5 Å². The lowest BCUT2D eigenvalue weighted by Crippen LogP contribution is -2.29. The Kier molecular flexibility index (Phi) is 6.50. The van der Waals surface area contributed by atoms with Gasteiger partial charge in [0.2, 0.25) is 0 Å². The molecule has 1 aliphatic heterocycles. The molecule has 0 spiro atoms. The maximum absolute atomic E-state index is 13.3. The van der Waals surface area contributed by atoms with Crippen LogP contribution in [0.15, 0.2) is 72.6 Å². The van der Waals surface area contributed by atoms with E-state index in [-0.39, 0.29) is 11.3 Å². The smallest absolute Gasteiger partial charge is 0.300 e. The van der Waals surface area contributed by atoms with E-state index in [1.165, 1.54) is 4.90 Å². The van der Waals surface area contributed by atoms with Crippen molar-refractivity contribution in [3.8, 4) is 5.75 Å². The first-order valence-corrected chi connectivity index (χ1v) is 11.3. The predicted octanol–water partition coefficient (Wildman–Crippen LogP) is 5.36. The lowest BCUT2D eigenvalue weighted by Gasteiger charge is -2.26. The number of carbonyl (C=O) groups excluding carboxylic acids is 2. The number of anilines is 1. The predicted molar refractivity (Wildman–Crippen MR) is 132 cm³/mol. The van der Waals surface area contributed by atoms with E-state index in [4.69, 9.17) is 4.74 Å². The molecule has 1 amide bonds. The van der Waals surface area contributed by atoms with Crippen LogP contribution in [-0.2, 0) is 9.59 Å². The molecule has 1 fully saturated rings. The summed E-state index contributed by atoms with van der Waals surface area (Å²) in [4.78, 5) is 32.2. The number of rotatable bonds is 6. The number of nitrogens with zero attached hydrogens (tertiary/aromatic N) is 2. The second kappa shape index (κ2) is 9.51. The van der Waals surface area contributed by atoms with E-state index in [9.17, 15) is 14.7 Å². The van der Waals surface area contributed by atoms with Crippen LogP contribution >= 0.6 is 0 Å². The highest BCUT2D eigenvalue weighted by molar-refractivity contribution is 6.51. The van der Waals surface area contributed by atoms with E-state index >= 15 is 0 Å². The molecule has 174 valence electrons. The zero-order valence-corrected chi connectivity index (χ0v) is 19.8. The van der Waals surface area contributed by atoms with Gasteiger partial charge in [-0.25, -0.2) is 0 Å². The van der Waals surface area contributed by atoms with Crippen LogP contribution in [0.3, 0.4) is 0 Å². The Morgan fingerprint density at radius 2 is 1.79 bits per heavy atom. The van der Waals surface area contributed by atoms with Gasteiger partial charge in [-0.1, -0.05) is 38.1 Å². The molecule has 1 saturated heterocycles. The molecule has 0 radical (unpaired) electrons. The van der Waals surface area contributed by atoms with Gasteiger partial charge in [-0.05, 0) is 66.8 Å². The molecule has 0 bridgehead atoms. The average molecular weight is 457 g/mol. The van der Waals surface area contributed by atoms with Crippen molar-refractivity contribution in [1.29, 1.82) is 0 Å². The van der Waals surface area contributed by atoms with Gasteiger partial charge >= 0.3 is 0 Å². The second-order valence-corrected chi connectivity index (χ2v) is 9.03. The summed E-state index contributed by atoms with van der Waals surface area (Å²) in [6, 6.07) is 15.4. The van der Waals surface area contributed by atoms with Crippen LogP contribution in [-0.4, -0.2) is 28.4 Å². The molecule has 2 heterocycles. The minimum absolute atomic E-state index is 0.0261. The Balaban J connectivity index is 1.87. The van der Waals surface area contributed by atoms with Gasteiger partial charge in [0.05, 0.1) is 18.2 Å². The molecule has 4 rings (SSSR count). The number of carbonyl (C=O) groups is 2. The fourth-order valence-corrected chi connectivity index (χ4v) is 4.19. The topological polar surface area (TPSA) is 79.7 Å². The number of hydrogen-bond acceptors (Lipinski definition) is 5. The van der Waals surface area contributed by atoms with Crippen molar-refractivity contribution in [1.82, 2.24) is 4.98 Å². The van der Waals surface area contributed by atoms with Crippen molar-refractivity contribution in [2.24, 2.45) is 5.92 Å². The largest absolute Gasteiger partial charge is 0.507 e. The molecule has 6 heteroatoms. The van der Waals surface area contributed by atoms with Crippen LogP contribution < -0.4 is 9.64 Å². The number of aromatic nitrogens is 1. The van der Waals surface area contributed by atoms with E-state index in [0.29, 0.717) is 35.1 Å². The van der Waals surface area contributed by atoms with Crippen LogP contribution in [0.1, 0.15) is 42.1 Å². The quantitative estimate of drug-likeness (QED) is 0.307. The van der Waals surface area contributed by atoms with Crippen molar-refractivity contribution in [3.05, 3.63) is 94.8 Å². The van der Waals surface area contributed by atoms with Gasteiger partial charge in [-0.15, -0.1) is 0 Å². The number of aliphatic hydroxyl groups is 1. The van der Waals surface area contributed by atoms with Crippen molar-refractivity contribution in [2.45, 2.75) is 33.7 Å². The molecule has 2 aromatic carbocycles. The highest BCUT2D eigenvalue weighted by Crippen LogP contribution is 2.42. The van der Waals surface area contributed by atoms with E-state index < -0.39 is 17.7 Å². The van der Waals surface area contributed by atoms with Gasteiger partial charge in [0, 0.05) is 23.6 Å². The van der Waals surface area contributed by atoms with Crippen LogP contribution in [0.4, 0.5) is 5.69 Å². The molecule has 1 N–H and O–H groups in total. The standard InChI is InChI=1S/C28H28N2O4/c1-17(2)16-34-23-9-5-7-20(14-23)26(31)24-25(21-8-6-10-29-15-21)30(28(33)27(24)32)22-12-18(3)11-19(4)13-22/h5-15,17,25,31H,16H2,1-4H3/b26-24+. The summed E-state index contributed by atoms with van der Waals surface area (Å²) < 4.78 is 5.79. The number of aliphatic hydroxyl groups excluding tert-OH is 1. The van der Waals surface area contributed by atoms with Gasteiger partial charge in [-0.2, -0.15) is 0 Å². The average Bonchev–Trinajstić information content (AvgIpc) is 3.08. The summed E-state index contributed by atoms with van der Waals surface area (Å²) in [5, 5.41) is 11.3. The Labute approximate surface area is 199 Å². The summed E-state index contributed by atoms with van der Waals surface area (Å²) in [6.07, 6.45) is 3.24. The van der Waals surface area contributed by atoms with Gasteiger partial charge in [-0.3, -0.25) is 19.5 Å². The number of benzene rings is 2. The molecule has 0 saturated carbocycles. The molecule has 0 aliphatic carbocycles. The van der Waals surface area contributed by atoms with Crippen molar-refractivity contribution in [3.63, 3.8) is 0 Å². The highest BCUT2D eigenvalue weighted by atomic mass is 16.5. The molecule has 1 aliphatic rings. The van der Waals surface area contributed by atoms with Crippen LogP contribution in [0.25, 0.3) is 5.76 Å². The summed E-state index contributed by atoms with van der Waals surface area (Å²) in [6.45, 7) is 8.50. The third-order valence-corrected chi connectivity index (χ3v) is 5.62. The van der Waals surface area contributed by atoms with Gasteiger partial charge in [0.1, 0.15) is 11.5 Å². The minimum atomic E-state index is -0.810. The fraction of sp³-hybridized carbons (Fsp3) is 0.250. The molecule has 1 atom stereocenters. The first kappa shape index (κ1) is 23.2. The van der Waals surface area contributed by atoms with Gasteiger partial charge in [0.15, 0.2) is 0 Å². The lowest BCUT2D eigenvalue weighted by molar-refractivity contribution is -0.132. The lowest BCUT2D eigenvalue weighted by atomic mass is 9.96. The summed E-state index contributed by atoms with van der Waals surface area (Å²) in [5.41, 5.74) is 3.61. The maximum Gasteiger partial charge on any atom is 0.300 e. The van der Waals surface area contributed by atoms with Crippen LogP contribution in [0, 0.1) is 19.8 Å². The highest BCUT2D eigenvalue weighted by Gasteiger charge is 2.47. The molecular formula is C28H28N2O4. The molecular weight excluding hydrogens is 428 g/mol. The minimum Gasteiger partial charge on any atom is -0.507 e. The van der Waals surface area contributed by atoms with Crippen molar-refractivity contribution >= 4 is 23.1 Å². The molecule has 1 unspecified atom stereocenters. The number of amides is 1. The normalized spacial score (nSPS) is 17.4. The van der Waals surface area contributed by atoms with Gasteiger partial charge < -0.3 is 9.84 Å². The first-order chi connectivity index (χ1) is 16.3. The van der Waals surface area contributed by atoms with E-state index in [2.05, 4.69) is 4.98 Å². The number of aryl methyl sites for hydroxylation is 2. The monoisotopic (exact) mass is 456 g/mol. The van der Waals surface area contributed by atoms with Gasteiger partial charge in [0.25, 0.3) is 11.7 Å². The molecule has 3 aromatic rings. The number of pyridine rings is 1. The van der Waals surface area contributed by atoms with Crippen LogP contribution in [0.5, 0.6) is 5.75 Å². The Morgan fingerprint density at radius 1 is 1.06 bits per heavy atom. The Hall–Kier alpha value is -3.93. The van der Waals surface area contributed by atoms with E-state index in [0.717, 1.165) is 11.1 Å². The third kappa shape index (κ3) is 4.57. The third-order valence-electron chi connectivity index (χ3n) is 5.62. The number of Topliss-reactive ketones (excluding diaryl/α,β-unsaturated/α-hetero) is 1. The van der Waals surface area contributed by atoms with Crippen molar-refractivity contribution < 1.29 is 19.4 Å². The van der Waals surface area contributed by atoms with E-state index in [1.807, 2.05) is 45.9 Å². The SMILES string of the molecule is Cc1cc(C)cc(N2C(=O)C(=O)/C(=C(/O)c3cccc(OCC(C)C)c3)C2c2cccnc2)c1.